The van der Waals surface area contributed by atoms with E-state index in [0.29, 0.717) is 17.0 Å². The standard InChI is InChI=1S/C24H26N4O3S/c1-16-21(23(30)27-18-9-4-3-5-10-18)22(28-12-7-13-32-24(28)25-16)17-8-6-11-19(14-17)26-20(29)15-31-2/h3-6,8-11,14,22H,7,12-13,15H2,1-2H3,(H,26,29)(H,27,30). The molecule has 8 heteroatoms. The fourth-order valence-electron chi connectivity index (χ4n) is 3.94. The van der Waals surface area contributed by atoms with E-state index in [1.807, 2.05) is 61.5 Å². The van der Waals surface area contributed by atoms with Gasteiger partial charge < -0.3 is 20.3 Å². The summed E-state index contributed by atoms with van der Waals surface area (Å²) < 4.78 is 4.91. The van der Waals surface area contributed by atoms with Crippen molar-refractivity contribution in [3.63, 3.8) is 0 Å². The van der Waals surface area contributed by atoms with Crippen LogP contribution in [0.3, 0.4) is 0 Å². The van der Waals surface area contributed by atoms with Crippen molar-refractivity contribution >= 4 is 40.1 Å². The zero-order chi connectivity index (χ0) is 22.5. The lowest BCUT2D eigenvalue weighted by atomic mass is 9.93. The van der Waals surface area contributed by atoms with Crippen molar-refractivity contribution in [2.24, 2.45) is 4.99 Å². The van der Waals surface area contributed by atoms with Crippen LogP contribution < -0.4 is 10.6 Å². The number of rotatable bonds is 6. The van der Waals surface area contributed by atoms with Gasteiger partial charge in [0.05, 0.1) is 17.3 Å². The Kier molecular flexibility index (Phi) is 6.92. The molecule has 1 unspecified atom stereocenters. The lowest BCUT2D eigenvalue weighted by molar-refractivity contribution is -0.119. The van der Waals surface area contributed by atoms with E-state index < -0.39 is 0 Å². The number of hydrogen-bond donors (Lipinski definition) is 2. The van der Waals surface area contributed by atoms with E-state index in [4.69, 9.17) is 9.73 Å². The van der Waals surface area contributed by atoms with Crippen LogP contribution in [0.5, 0.6) is 0 Å². The third-order valence-corrected chi connectivity index (χ3v) is 6.37. The minimum Gasteiger partial charge on any atom is -0.375 e. The summed E-state index contributed by atoms with van der Waals surface area (Å²) in [6.07, 6.45) is 1.01. The second kappa shape index (κ2) is 10.0. The Morgan fingerprint density at radius 3 is 2.69 bits per heavy atom. The number of aliphatic imine (C=N–C) groups is 1. The first-order chi connectivity index (χ1) is 15.6. The molecule has 1 fully saturated rings. The van der Waals surface area contributed by atoms with E-state index in [9.17, 15) is 9.59 Å². The molecule has 0 radical (unpaired) electrons. The van der Waals surface area contributed by atoms with Crippen molar-refractivity contribution in [2.45, 2.75) is 19.4 Å². The molecule has 7 nitrogen and oxygen atoms in total. The molecular weight excluding hydrogens is 424 g/mol. The zero-order valence-electron chi connectivity index (χ0n) is 18.1. The molecular formula is C24H26N4O3S. The van der Waals surface area contributed by atoms with Crippen molar-refractivity contribution in [3.05, 3.63) is 71.4 Å². The molecule has 2 aliphatic rings. The first kappa shape index (κ1) is 22.1. The van der Waals surface area contributed by atoms with E-state index in [1.165, 1.54) is 7.11 Å². The fourth-order valence-corrected chi connectivity index (χ4v) is 4.96. The summed E-state index contributed by atoms with van der Waals surface area (Å²) in [5.41, 5.74) is 3.64. The normalized spacial score (nSPS) is 18.0. The maximum Gasteiger partial charge on any atom is 0.255 e. The van der Waals surface area contributed by atoms with Crippen LogP contribution in [-0.2, 0) is 14.3 Å². The topological polar surface area (TPSA) is 83.0 Å². The third kappa shape index (κ3) is 4.87. The summed E-state index contributed by atoms with van der Waals surface area (Å²) in [4.78, 5) is 32.4. The number of methoxy groups -OCH3 is 1. The summed E-state index contributed by atoms with van der Waals surface area (Å²) in [5, 5.41) is 6.80. The largest absolute Gasteiger partial charge is 0.375 e. The van der Waals surface area contributed by atoms with Crippen LogP contribution in [0.2, 0.25) is 0 Å². The number of amidine groups is 1. The second-order valence-corrected chi connectivity index (χ2v) is 8.68. The van der Waals surface area contributed by atoms with Gasteiger partial charge in [0.1, 0.15) is 6.61 Å². The van der Waals surface area contributed by atoms with E-state index in [-0.39, 0.29) is 24.5 Å². The molecule has 1 atom stereocenters. The van der Waals surface area contributed by atoms with Gasteiger partial charge in [0.2, 0.25) is 5.91 Å². The average Bonchev–Trinajstić information content (AvgIpc) is 2.79. The zero-order valence-corrected chi connectivity index (χ0v) is 18.9. The van der Waals surface area contributed by atoms with Crippen molar-refractivity contribution in [2.75, 3.05) is 36.6 Å². The van der Waals surface area contributed by atoms with Gasteiger partial charge >= 0.3 is 0 Å². The Morgan fingerprint density at radius 2 is 1.91 bits per heavy atom. The molecule has 166 valence electrons. The summed E-state index contributed by atoms with van der Waals surface area (Å²) >= 11 is 1.71. The molecule has 0 aliphatic carbocycles. The Morgan fingerprint density at radius 1 is 1.12 bits per heavy atom. The van der Waals surface area contributed by atoms with Gasteiger partial charge in [-0.1, -0.05) is 42.1 Å². The minimum atomic E-state index is -0.293. The molecule has 2 N–H and O–H groups in total. The van der Waals surface area contributed by atoms with Gasteiger partial charge in [-0.3, -0.25) is 9.59 Å². The predicted molar refractivity (Wildman–Crippen MR) is 129 cm³/mol. The maximum absolute atomic E-state index is 13.4. The number of ether oxygens (including phenoxy) is 1. The van der Waals surface area contributed by atoms with Crippen LogP contribution in [0.4, 0.5) is 11.4 Å². The summed E-state index contributed by atoms with van der Waals surface area (Å²) in [6, 6.07) is 16.8. The van der Waals surface area contributed by atoms with Crippen molar-refractivity contribution < 1.29 is 14.3 Å². The number of allylic oxidation sites excluding steroid dienone is 1. The number of nitrogens with one attached hydrogen (secondary N) is 2. The van der Waals surface area contributed by atoms with Crippen LogP contribution in [0, 0.1) is 0 Å². The lowest BCUT2D eigenvalue weighted by Gasteiger charge is -2.41. The Hall–Kier alpha value is -3.10. The predicted octanol–water partition coefficient (Wildman–Crippen LogP) is 4.03. The number of carbonyl (C=O) groups is 2. The van der Waals surface area contributed by atoms with Gasteiger partial charge in [-0.05, 0) is 43.2 Å². The number of hydrogen-bond acceptors (Lipinski definition) is 6. The average molecular weight is 451 g/mol. The highest BCUT2D eigenvalue weighted by molar-refractivity contribution is 8.13. The lowest BCUT2D eigenvalue weighted by Crippen LogP contribution is -2.43. The highest BCUT2D eigenvalue weighted by Crippen LogP contribution is 2.40. The molecule has 1 saturated heterocycles. The van der Waals surface area contributed by atoms with Crippen molar-refractivity contribution in [3.8, 4) is 0 Å². The van der Waals surface area contributed by atoms with E-state index in [0.717, 1.165) is 35.1 Å². The van der Waals surface area contributed by atoms with Gasteiger partial charge in [-0.15, -0.1) is 0 Å². The van der Waals surface area contributed by atoms with Crippen LogP contribution in [-0.4, -0.2) is 47.9 Å². The first-order valence-corrected chi connectivity index (χ1v) is 11.5. The third-order valence-electron chi connectivity index (χ3n) is 5.30. The molecule has 2 amide bonds. The number of anilines is 2. The van der Waals surface area contributed by atoms with Gasteiger partial charge in [-0.2, -0.15) is 0 Å². The van der Waals surface area contributed by atoms with E-state index in [2.05, 4.69) is 15.5 Å². The number of thioether (sulfide) groups is 1. The van der Waals surface area contributed by atoms with Crippen LogP contribution in [0.1, 0.15) is 24.9 Å². The van der Waals surface area contributed by atoms with Crippen molar-refractivity contribution in [1.82, 2.24) is 4.90 Å². The molecule has 0 saturated carbocycles. The molecule has 32 heavy (non-hydrogen) atoms. The summed E-state index contributed by atoms with van der Waals surface area (Å²) in [6.45, 7) is 2.68. The number of benzene rings is 2. The Bertz CT molecular complexity index is 1070. The van der Waals surface area contributed by atoms with E-state index >= 15 is 0 Å². The summed E-state index contributed by atoms with van der Waals surface area (Å²) in [7, 11) is 1.48. The van der Waals surface area contributed by atoms with Crippen LogP contribution in [0.25, 0.3) is 0 Å². The number of carbonyl (C=O) groups excluding carboxylic acids is 2. The van der Waals surface area contributed by atoms with Crippen LogP contribution in [0.15, 0.2) is 70.9 Å². The van der Waals surface area contributed by atoms with Gasteiger partial charge in [0, 0.05) is 30.8 Å². The fraction of sp³-hybridized carbons (Fsp3) is 0.292. The number of para-hydroxylation sites is 1. The number of fused-ring (bicyclic) bond motifs is 1. The van der Waals surface area contributed by atoms with Crippen molar-refractivity contribution in [1.29, 1.82) is 0 Å². The first-order valence-electron chi connectivity index (χ1n) is 10.5. The maximum atomic E-state index is 13.4. The van der Waals surface area contributed by atoms with Crippen LogP contribution >= 0.6 is 11.8 Å². The highest BCUT2D eigenvalue weighted by atomic mass is 32.2. The number of amides is 2. The molecule has 0 bridgehead atoms. The Balaban J connectivity index is 1.71. The molecule has 0 aromatic heterocycles. The SMILES string of the molecule is COCC(=O)Nc1cccc(C2C(C(=O)Nc3ccccc3)=C(C)N=C3SCCCN32)c1. The highest BCUT2D eigenvalue weighted by Gasteiger charge is 2.37. The monoisotopic (exact) mass is 450 g/mol. The molecule has 2 aromatic rings. The molecule has 0 spiro atoms. The van der Waals surface area contributed by atoms with Gasteiger partial charge in [0.25, 0.3) is 5.91 Å². The second-order valence-electron chi connectivity index (χ2n) is 7.62. The minimum absolute atomic E-state index is 0.0169. The Labute approximate surface area is 191 Å². The smallest absolute Gasteiger partial charge is 0.255 e. The van der Waals surface area contributed by atoms with Gasteiger partial charge in [0.15, 0.2) is 5.17 Å². The van der Waals surface area contributed by atoms with Gasteiger partial charge in [-0.25, -0.2) is 4.99 Å². The molecule has 4 rings (SSSR count). The molecule has 2 aromatic carbocycles. The quantitative estimate of drug-likeness (QED) is 0.694. The molecule has 2 heterocycles. The summed E-state index contributed by atoms with van der Waals surface area (Å²) in [5.74, 6) is 0.609. The van der Waals surface area contributed by atoms with E-state index in [1.54, 1.807) is 11.8 Å². The molecule has 2 aliphatic heterocycles. The number of nitrogens with zero attached hydrogens (tertiary/aromatic N) is 2.